The van der Waals surface area contributed by atoms with E-state index >= 15 is 0 Å². The Hall–Kier alpha value is -1.39. The standard InChI is InChI=1S/C7H11N3O2/c1-3-4(2)5-8-6(11)10-7(12)9-5/h4H,3H2,1-2H3,(H2,8,9,10,11,12). The Bertz CT molecular complexity index is 337. The lowest BCUT2D eigenvalue weighted by atomic mass is 10.1. The van der Waals surface area contributed by atoms with Gasteiger partial charge in [0.1, 0.15) is 5.82 Å². The molecule has 0 radical (unpaired) electrons. The Kier molecular flexibility index (Phi) is 2.42. The van der Waals surface area contributed by atoms with Crippen LogP contribution in [0.2, 0.25) is 0 Å². The predicted octanol–water partition coefficient (Wildman–Crippen LogP) is -0.0283. The van der Waals surface area contributed by atoms with Crippen molar-refractivity contribution in [2.75, 3.05) is 0 Å². The van der Waals surface area contributed by atoms with Crippen LogP contribution in [0.5, 0.6) is 0 Å². The lowest BCUT2D eigenvalue weighted by Crippen LogP contribution is -2.27. The van der Waals surface area contributed by atoms with E-state index in [-0.39, 0.29) is 5.92 Å². The Balaban J connectivity index is 3.17. The summed E-state index contributed by atoms with van der Waals surface area (Å²) in [6.45, 7) is 3.86. The highest BCUT2D eigenvalue weighted by molar-refractivity contribution is 4.90. The van der Waals surface area contributed by atoms with Gasteiger partial charge in [-0.05, 0) is 6.42 Å². The molecule has 0 aromatic carbocycles. The van der Waals surface area contributed by atoms with Crippen LogP contribution in [0, 0.1) is 0 Å². The van der Waals surface area contributed by atoms with Crippen LogP contribution in [-0.4, -0.2) is 15.0 Å². The van der Waals surface area contributed by atoms with Gasteiger partial charge in [-0.1, -0.05) is 13.8 Å². The summed E-state index contributed by atoms with van der Waals surface area (Å²) < 4.78 is 0. The third-order valence-electron chi connectivity index (χ3n) is 1.76. The van der Waals surface area contributed by atoms with Gasteiger partial charge in [-0.25, -0.2) is 9.59 Å². The molecule has 1 aromatic rings. The molecule has 1 aromatic heterocycles. The third kappa shape index (κ3) is 1.81. The average Bonchev–Trinajstić information content (AvgIpc) is 2.01. The maximum absolute atomic E-state index is 10.8. The van der Waals surface area contributed by atoms with Gasteiger partial charge < -0.3 is 0 Å². The van der Waals surface area contributed by atoms with E-state index in [2.05, 4.69) is 9.97 Å². The minimum atomic E-state index is -0.589. The monoisotopic (exact) mass is 169 g/mol. The largest absolute Gasteiger partial charge is 0.350 e. The molecular weight excluding hydrogens is 158 g/mol. The lowest BCUT2D eigenvalue weighted by Gasteiger charge is -2.04. The van der Waals surface area contributed by atoms with E-state index < -0.39 is 11.4 Å². The van der Waals surface area contributed by atoms with Crippen molar-refractivity contribution >= 4 is 0 Å². The zero-order chi connectivity index (χ0) is 9.14. The van der Waals surface area contributed by atoms with E-state index in [4.69, 9.17) is 0 Å². The van der Waals surface area contributed by atoms with Crippen molar-refractivity contribution in [1.29, 1.82) is 0 Å². The van der Waals surface area contributed by atoms with E-state index in [0.29, 0.717) is 5.82 Å². The molecule has 0 spiro atoms. The van der Waals surface area contributed by atoms with Crippen molar-refractivity contribution in [2.24, 2.45) is 0 Å². The molecule has 1 unspecified atom stereocenters. The van der Waals surface area contributed by atoms with Gasteiger partial charge in [0.25, 0.3) is 0 Å². The summed E-state index contributed by atoms with van der Waals surface area (Å²) >= 11 is 0. The fourth-order valence-corrected chi connectivity index (χ4v) is 0.837. The molecule has 0 aliphatic carbocycles. The smallest absolute Gasteiger partial charge is 0.295 e. The van der Waals surface area contributed by atoms with Gasteiger partial charge in [-0.15, -0.1) is 0 Å². The Labute approximate surface area is 68.9 Å². The molecule has 0 aliphatic rings. The number of rotatable bonds is 2. The molecule has 0 aliphatic heterocycles. The Morgan fingerprint density at radius 1 is 1.42 bits per heavy atom. The summed E-state index contributed by atoms with van der Waals surface area (Å²) in [4.78, 5) is 29.7. The normalized spacial score (nSPS) is 12.8. The highest BCUT2D eigenvalue weighted by Gasteiger charge is 2.05. The minimum absolute atomic E-state index is 0.111. The maximum atomic E-state index is 10.8. The molecule has 1 atom stereocenters. The highest BCUT2D eigenvalue weighted by Crippen LogP contribution is 2.09. The van der Waals surface area contributed by atoms with Crippen molar-refractivity contribution < 1.29 is 0 Å². The molecule has 2 N–H and O–H groups in total. The third-order valence-corrected chi connectivity index (χ3v) is 1.76. The molecule has 0 saturated carbocycles. The fraction of sp³-hybridized carbons (Fsp3) is 0.571. The number of aromatic nitrogens is 3. The molecule has 1 heterocycles. The first kappa shape index (κ1) is 8.70. The number of nitrogens with zero attached hydrogens (tertiary/aromatic N) is 1. The number of hydrogen-bond donors (Lipinski definition) is 2. The first-order chi connectivity index (χ1) is 5.63. The Morgan fingerprint density at radius 2 is 2.08 bits per heavy atom. The van der Waals surface area contributed by atoms with E-state index in [0.717, 1.165) is 6.42 Å². The first-order valence-electron chi connectivity index (χ1n) is 3.84. The van der Waals surface area contributed by atoms with Crippen LogP contribution in [0.15, 0.2) is 9.59 Å². The van der Waals surface area contributed by atoms with Crippen molar-refractivity contribution in [3.8, 4) is 0 Å². The molecule has 5 nitrogen and oxygen atoms in total. The lowest BCUT2D eigenvalue weighted by molar-refractivity contribution is 0.657. The SMILES string of the molecule is CCC(C)c1nc(=O)[nH]c(=O)[nH]1. The summed E-state index contributed by atoms with van der Waals surface area (Å²) in [5.74, 6) is 0.561. The molecule has 1 rings (SSSR count). The summed E-state index contributed by atoms with van der Waals surface area (Å²) in [6.07, 6.45) is 0.840. The van der Waals surface area contributed by atoms with E-state index in [1.54, 1.807) is 0 Å². The van der Waals surface area contributed by atoms with E-state index in [9.17, 15) is 9.59 Å². The molecule has 0 saturated heterocycles. The number of hydrogen-bond acceptors (Lipinski definition) is 3. The maximum Gasteiger partial charge on any atom is 0.350 e. The van der Waals surface area contributed by atoms with Gasteiger partial charge in [0.15, 0.2) is 0 Å². The number of aromatic amines is 2. The van der Waals surface area contributed by atoms with Crippen molar-refractivity contribution in [1.82, 2.24) is 15.0 Å². The second-order valence-corrected chi connectivity index (χ2v) is 2.69. The van der Waals surface area contributed by atoms with E-state index in [1.807, 2.05) is 18.8 Å². The van der Waals surface area contributed by atoms with Crippen molar-refractivity contribution in [3.05, 3.63) is 26.8 Å². The second-order valence-electron chi connectivity index (χ2n) is 2.69. The van der Waals surface area contributed by atoms with Gasteiger partial charge in [0.05, 0.1) is 0 Å². The molecule has 5 heteroatoms. The van der Waals surface area contributed by atoms with Gasteiger partial charge in [-0.3, -0.25) is 9.97 Å². The van der Waals surface area contributed by atoms with E-state index in [1.165, 1.54) is 0 Å². The van der Waals surface area contributed by atoms with Gasteiger partial charge in [0.2, 0.25) is 0 Å². The number of nitrogens with one attached hydrogen (secondary N) is 2. The second kappa shape index (κ2) is 3.34. The fourth-order valence-electron chi connectivity index (χ4n) is 0.837. The average molecular weight is 169 g/mol. The first-order valence-corrected chi connectivity index (χ1v) is 3.84. The highest BCUT2D eigenvalue weighted by atomic mass is 16.2. The molecule has 0 amide bonds. The summed E-state index contributed by atoms with van der Waals surface area (Å²) in [6, 6.07) is 0. The van der Waals surface area contributed by atoms with Gasteiger partial charge >= 0.3 is 11.4 Å². The van der Waals surface area contributed by atoms with Crippen LogP contribution in [0.4, 0.5) is 0 Å². The van der Waals surface area contributed by atoms with Crippen molar-refractivity contribution in [2.45, 2.75) is 26.2 Å². The topological polar surface area (TPSA) is 78.6 Å². The zero-order valence-electron chi connectivity index (χ0n) is 7.05. The molecular formula is C7H11N3O2. The summed E-state index contributed by atoms with van der Waals surface area (Å²) in [7, 11) is 0. The van der Waals surface area contributed by atoms with Crippen LogP contribution in [0.1, 0.15) is 32.0 Å². The predicted molar refractivity (Wildman–Crippen MR) is 44.2 cm³/mol. The zero-order valence-corrected chi connectivity index (χ0v) is 7.05. The van der Waals surface area contributed by atoms with Gasteiger partial charge in [0, 0.05) is 5.92 Å². The molecule has 66 valence electrons. The number of H-pyrrole nitrogens is 2. The van der Waals surface area contributed by atoms with Crippen LogP contribution in [-0.2, 0) is 0 Å². The summed E-state index contributed by atoms with van der Waals surface area (Å²) in [5, 5.41) is 0. The Morgan fingerprint density at radius 3 is 2.58 bits per heavy atom. The van der Waals surface area contributed by atoms with Crippen LogP contribution >= 0.6 is 0 Å². The molecule has 0 fully saturated rings. The minimum Gasteiger partial charge on any atom is -0.295 e. The van der Waals surface area contributed by atoms with Crippen LogP contribution < -0.4 is 11.4 Å². The molecule has 0 bridgehead atoms. The van der Waals surface area contributed by atoms with Crippen LogP contribution in [0.25, 0.3) is 0 Å². The van der Waals surface area contributed by atoms with Crippen molar-refractivity contribution in [3.63, 3.8) is 0 Å². The quantitative estimate of drug-likeness (QED) is 0.652. The molecule has 12 heavy (non-hydrogen) atoms. The summed E-state index contributed by atoms with van der Waals surface area (Å²) in [5.41, 5.74) is -1.08. The van der Waals surface area contributed by atoms with Gasteiger partial charge in [-0.2, -0.15) is 4.98 Å². The van der Waals surface area contributed by atoms with Crippen LogP contribution in [0.3, 0.4) is 0 Å².